The predicted molar refractivity (Wildman–Crippen MR) is 138 cm³/mol. The quantitative estimate of drug-likeness (QED) is 0.312. The highest BCUT2D eigenvalue weighted by Crippen LogP contribution is 2.12. The molecule has 9 heteroatoms. The summed E-state index contributed by atoms with van der Waals surface area (Å²) >= 11 is 1.02. The molecule has 8 nitrogen and oxygen atoms in total. The number of non-ortho nitro benzene ring substituents is 1. The Hall–Kier alpha value is -4.81. The molecule has 0 bridgehead atoms. The van der Waals surface area contributed by atoms with Crippen molar-refractivity contribution in [3.8, 4) is 11.8 Å². The van der Waals surface area contributed by atoms with Crippen LogP contribution in [0.3, 0.4) is 0 Å². The molecule has 0 fully saturated rings. The summed E-state index contributed by atoms with van der Waals surface area (Å²) in [5.74, 6) is -0.568. The molecule has 0 saturated carbocycles. The van der Waals surface area contributed by atoms with Crippen LogP contribution in [0.5, 0.6) is 0 Å². The number of nitriles is 1. The summed E-state index contributed by atoms with van der Waals surface area (Å²) in [7, 11) is 0. The molecule has 1 N–H and O–H groups in total. The van der Waals surface area contributed by atoms with Crippen LogP contribution in [0.15, 0.2) is 89.7 Å². The summed E-state index contributed by atoms with van der Waals surface area (Å²) in [5.41, 5.74) is 1.52. The predicted octanol–water partition coefficient (Wildman–Crippen LogP) is 2.67. The zero-order valence-electron chi connectivity index (χ0n) is 19.0. The molecule has 0 aliphatic carbocycles. The number of aromatic nitrogens is 1. The highest BCUT2D eigenvalue weighted by molar-refractivity contribution is 7.07. The zero-order chi connectivity index (χ0) is 25.5. The molecule has 1 heterocycles. The van der Waals surface area contributed by atoms with Gasteiger partial charge in [0.1, 0.15) is 10.7 Å². The molecule has 0 aliphatic heterocycles. The van der Waals surface area contributed by atoms with Crippen LogP contribution in [0.4, 0.5) is 5.69 Å². The molecular formula is C27H20N4O4S. The number of hydrogen-bond acceptors (Lipinski definition) is 6. The van der Waals surface area contributed by atoms with Crippen molar-refractivity contribution in [2.75, 3.05) is 6.54 Å². The molecule has 0 radical (unpaired) electrons. The van der Waals surface area contributed by atoms with E-state index in [-0.39, 0.29) is 20.5 Å². The minimum Gasteiger partial charge on any atom is -0.351 e. The van der Waals surface area contributed by atoms with Crippen LogP contribution in [-0.4, -0.2) is 21.9 Å². The fourth-order valence-electron chi connectivity index (χ4n) is 3.55. The summed E-state index contributed by atoms with van der Waals surface area (Å²) in [6.07, 6.45) is 2.18. The van der Waals surface area contributed by atoms with Gasteiger partial charge in [-0.2, -0.15) is 5.26 Å². The monoisotopic (exact) mass is 496 g/mol. The smallest absolute Gasteiger partial charge is 0.273 e. The molecule has 178 valence electrons. The maximum absolute atomic E-state index is 13.4. The SMILES string of the molecule is N#CC(C(=O)NCCc1ccccc1)=c1sc(=Cc2ccc([N+](=O)[O-])cc2)c(=O)n1-c1ccccc1. The average molecular weight is 497 g/mol. The number of thiazole rings is 1. The number of amides is 1. The van der Waals surface area contributed by atoms with Gasteiger partial charge in [0, 0.05) is 18.7 Å². The van der Waals surface area contributed by atoms with Crippen molar-refractivity contribution in [3.63, 3.8) is 0 Å². The molecule has 4 rings (SSSR count). The maximum Gasteiger partial charge on any atom is 0.273 e. The second-order valence-electron chi connectivity index (χ2n) is 7.72. The van der Waals surface area contributed by atoms with E-state index in [4.69, 9.17) is 0 Å². The van der Waals surface area contributed by atoms with Gasteiger partial charge in [-0.1, -0.05) is 48.5 Å². The number of benzene rings is 3. The van der Waals surface area contributed by atoms with Gasteiger partial charge >= 0.3 is 0 Å². The Morgan fingerprint density at radius 3 is 2.28 bits per heavy atom. The van der Waals surface area contributed by atoms with Crippen molar-refractivity contribution in [2.24, 2.45) is 0 Å². The molecule has 0 atom stereocenters. The third-order valence-corrected chi connectivity index (χ3v) is 6.43. The summed E-state index contributed by atoms with van der Waals surface area (Å²) in [4.78, 5) is 36.8. The van der Waals surface area contributed by atoms with Gasteiger partial charge in [-0.15, -0.1) is 11.3 Å². The summed E-state index contributed by atoms with van der Waals surface area (Å²) in [5, 5.41) is 23.6. The van der Waals surface area contributed by atoms with Crippen molar-refractivity contribution < 1.29 is 9.72 Å². The third-order valence-electron chi connectivity index (χ3n) is 5.33. The lowest BCUT2D eigenvalue weighted by molar-refractivity contribution is -0.384. The Labute approximate surface area is 209 Å². The molecule has 1 aromatic heterocycles. The normalized spacial score (nSPS) is 12.0. The van der Waals surface area contributed by atoms with Gasteiger partial charge in [0.05, 0.1) is 15.1 Å². The van der Waals surface area contributed by atoms with Gasteiger partial charge in [-0.3, -0.25) is 24.3 Å². The van der Waals surface area contributed by atoms with Crippen LogP contribution in [0.2, 0.25) is 0 Å². The first kappa shape index (κ1) is 24.3. The Kier molecular flexibility index (Phi) is 7.48. The van der Waals surface area contributed by atoms with Crippen LogP contribution < -0.4 is 20.1 Å². The number of nitro groups is 1. The molecule has 0 aliphatic rings. The van der Waals surface area contributed by atoms with Crippen molar-refractivity contribution in [2.45, 2.75) is 6.42 Å². The third kappa shape index (κ3) is 5.46. The number of rotatable bonds is 7. The molecule has 0 spiro atoms. The Bertz CT molecular complexity index is 1620. The number of hydrogen-bond donors (Lipinski definition) is 1. The molecule has 4 aromatic rings. The fraction of sp³-hybridized carbons (Fsp3) is 0.0741. The first-order valence-corrected chi connectivity index (χ1v) is 11.8. The van der Waals surface area contributed by atoms with E-state index in [0.717, 1.165) is 16.9 Å². The number of carbonyl (C=O) groups excluding carboxylic acids is 1. The number of nitrogens with zero attached hydrogens (tertiary/aromatic N) is 3. The van der Waals surface area contributed by atoms with Crippen LogP contribution in [0.1, 0.15) is 11.1 Å². The zero-order valence-corrected chi connectivity index (χ0v) is 19.8. The summed E-state index contributed by atoms with van der Waals surface area (Å²) in [6.45, 7) is 0.330. The lowest BCUT2D eigenvalue weighted by atomic mass is 10.1. The van der Waals surface area contributed by atoms with Crippen molar-refractivity contribution in [1.82, 2.24) is 9.88 Å². The Balaban J connectivity index is 1.78. The minimum atomic E-state index is -0.568. The Morgan fingerprint density at radius 2 is 1.67 bits per heavy atom. The molecule has 0 saturated heterocycles. The van der Waals surface area contributed by atoms with E-state index in [2.05, 4.69) is 5.32 Å². The maximum atomic E-state index is 13.4. The van der Waals surface area contributed by atoms with E-state index in [1.807, 2.05) is 36.4 Å². The van der Waals surface area contributed by atoms with Gasteiger partial charge in [-0.25, -0.2) is 0 Å². The van der Waals surface area contributed by atoms with Gasteiger partial charge in [-0.05, 0) is 47.9 Å². The lowest BCUT2D eigenvalue weighted by Crippen LogP contribution is -2.34. The first-order valence-electron chi connectivity index (χ1n) is 11.0. The number of para-hydroxylation sites is 1. The largest absolute Gasteiger partial charge is 0.351 e. The summed E-state index contributed by atoms with van der Waals surface area (Å²) in [6, 6.07) is 26.1. The van der Waals surface area contributed by atoms with Gasteiger partial charge in [0.2, 0.25) is 0 Å². The van der Waals surface area contributed by atoms with Crippen LogP contribution in [0, 0.1) is 21.4 Å². The van der Waals surface area contributed by atoms with Crippen molar-refractivity contribution >= 4 is 34.6 Å². The van der Waals surface area contributed by atoms with Crippen LogP contribution >= 0.6 is 11.3 Å². The van der Waals surface area contributed by atoms with E-state index in [0.29, 0.717) is 24.2 Å². The molecular weight excluding hydrogens is 476 g/mol. The molecule has 36 heavy (non-hydrogen) atoms. The van der Waals surface area contributed by atoms with Gasteiger partial charge in [0.25, 0.3) is 17.2 Å². The average Bonchev–Trinajstić information content (AvgIpc) is 3.21. The second-order valence-corrected chi connectivity index (χ2v) is 8.75. The Morgan fingerprint density at radius 1 is 1.03 bits per heavy atom. The van der Waals surface area contributed by atoms with Crippen molar-refractivity contribution in [3.05, 3.63) is 126 Å². The van der Waals surface area contributed by atoms with Crippen LogP contribution in [-0.2, 0) is 11.2 Å². The van der Waals surface area contributed by atoms with E-state index >= 15 is 0 Å². The first-order chi connectivity index (χ1) is 17.5. The topological polar surface area (TPSA) is 118 Å². The minimum absolute atomic E-state index is 0.0620. The standard InChI is InChI=1S/C27H20N4O4S/c28-18-23(25(32)29-16-15-19-7-3-1-4-8-19)27-30(21-9-5-2-6-10-21)26(33)24(36-27)17-20-11-13-22(14-12-20)31(34)35/h1-14,17H,15-16H2,(H,29,32). The van der Waals surface area contributed by atoms with Gasteiger partial charge in [0.15, 0.2) is 5.57 Å². The van der Waals surface area contributed by atoms with E-state index in [1.165, 1.54) is 28.8 Å². The highest BCUT2D eigenvalue weighted by atomic mass is 32.1. The number of nitrogens with one attached hydrogen (secondary N) is 1. The molecule has 3 aromatic carbocycles. The van der Waals surface area contributed by atoms with Gasteiger partial charge < -0.3 is 5.32 Å². The fourth-order valence-corrected chi connectivity index (χ4v) is 4.66. The highest BCUT2D eigenvalue weighted by Gasteiger charge is 2.17. The van der Waals surface area contributed by atoms with E-state index < -0.39 is 16.4 Å². The summed E-state index contributed by atoms with van der Waals surface area (Å²) < 4.78 is 1.84. The lowest BCUT2D eigenvalue weighted by Gasteiger charge is -2.06. The van der Waals surface area contributed by atoms with E-state index in [9.17, 15) is 25.0 Å². The van der Waals surface area contributed by atoms with Crippen LogP contribution in [0.25, 0.3) is 17.3 Å². The van der Waals surface area contributed by atoms with Crippen molar-refractivity contribution in [1.29, 1.82) is 5.26 Å². The molecule has 0 unspecified atom stereocenters. The number of nitro benzene ring substituents is 1. The second kappa shape index (κ2) is 11.1. The molecule has 1 amide bonds. The number of carbonyl (C=O) groups is 1. The van der Waals surface area contributed by atoms with E-state index in [1.54, 1.807) is 36.4 Å².